The van der Waals surface area contributed by atoms with Gasteiger partial charge in [-0.3, -0.25) is 13.9 Å². The van der Waals surface area contributed by atoms with E-state index in [4.69, 9.17) is 11.6 Å². The third-order valence-corrected chi connectivity index (χ3v) is 6.78. The van der Waals surface area contributed by atoms with Crippen molar-refractivity contribution in [1.82, 2.24) is 10.2 Å². The number of carbonyl (C=O) groups is 2. The highest BCUT2D eigenvalue weighted by atomic mass is 79.9. The number of halogens is 2. The molecule has 7 nitrogen and oxygen atoms in total. The highest BCUT2D eigenvalue weighted by Crippen LogP contribution is 2.23. The van der Waals surface area contributed by atoms with E-state index < -0.39 is 28.5 Å². The molecule has 2 aromatic rings. The van der Waals surface area contributed by atoms with E-state index in [2.05, 4.69) is 21.2 Å². The third kappa shape index (κ3) is 8.32. The van der Waals surface area contributed by atoms with Gasteiger partial charge in [0.05, 0.1) is 11.9 Å². The number of carbonyl (C=O) groups excluding carboxylic acids is 2. The normalized spacial score (nSPS) is 12.3. The Morgan fingerprint density at radius 2 is 1.73 bits per heavy atom. The number of nitrogens with zero attached hydrogens (tertiary/aromatic N) is 2. The van der Waals surface area contributed by atoms with Gasteiger partial charge in [0.1, 0.15) is 12.6 Å². The van der Waals surface area contributed by atoms with Crippen molar-refractivity contribution in [2.75, 3.05) is 23.7 Å². The standard InChI is InChI=1S/C23H29BrClN3O4S/c1-16(2)13-26-23(30)17(3)27(14-18-8-10-20(25)11-9-18)22(29)15-28(33(4,31)32)21-7-5-6-19(24)12-21/h5-12,16-17H,13-15H2,1-4H3,(H,26,30). The SMILES string of the molecule is CC(C)CNC(=O)C(C)N(Cc1ccc(Cl)cc1)C(=O)CN(c1cccc(Br)c1)S(C)(=O)=O. The zero-order valence-corrected chi connectivity index (χ0v) is 22.2. The summed E-state index contributed by atoms with van der Waals surface area (Å²) in [4.78, 5) is 27.6. The summed E-state index contributed by atoms with van der Waals surface area (Å²) in [6, 6.07) is 12.8. The number of rotatable bonds is 10. The van der Waals surface area contributed by atoms with E-state index in [1.807, 2.05) is 13.8 Å². The Morgan fingerprint density at radius 1 is 1.09 bits per heavy atom. The quantitative estimate of drug-likeness (QED) is 0.477. The Kier molecular flexibility index (Phi) is 9.75. The fourth-order valence-corrected chi connectivity index (χ4v) is 4.42. The van der Waals surface area contributed by atoms with Crippen molar-refractivity contribution in [2.45, 2.75) is 33.4 Å². The molecule has 0 saturated heterocycles. The van der Waals surface area contributed by atoms with Gasteiger partial charge in [0.25, 0.3) is 0 Å². The molecular weight excluding hydrogens is 530 g/mol. The van der Waals surface area contributed by atoms with Gasteiger partial charge >= 0.3 is 0 Å². The second-order valence-corrected chi connectivity index (χ2v) is 11.5. The molecule has 0 bridgehead atoms. The molecule has 0 heterocycles. The number of benzene rings is 2. The molecule has 33 heavy (non-hydrogen) atoms. The van der Waals surface area contributed by atoms with E-state index in [9.17, 15) is 18.0 Å². The topological polar surface area (TPSA) is 86.8 Å². The molecule has 0 spiro atoms. The molecule has 2 aromatic carbocycles. The average molecular weight is 559 g/mol. The minimum absolute atomic E-state index is 0.127. The van der Waals surface area contributed by atoms with E-state index in [0.29, 0.717) is 21.7 Å². The van der Waals surface area contributed by atoms with Gasteiger partial charge in [-0.25, -0.2) is 8.42 Å². The maximum atomic E-state index is 13.4. The van der Waals surface area contributed by atoms with Crippen molar-refractivity contribution in [3.63, 3.8) is 0 Å². The number of amides is 2. The van der Waals surface area contributed by atoms with Gasteiger partial charge in [-0.2, -0.15) is 0 Å². The third-order valence-electron chi connectivity index (χ3n) is 4.89. The van der Waals surface area contributed by atoms with Crippen molar-refractivity contribution in [3.05, 3.63) is 63.6 Å². The van der Waals surface area contributed by atoms with Crippen LogP contribution in [0.3, 0.4) is 0 Å². The van der Waals surface area contributed by atoms with Gasteiger partial charge in [-0.15, -0.1) is 0 Å². The molecule has 0 radical (unpaired) electrons. The summed E-state index contributed by atoms with van der Waals surface area (Å²) < 4.78 is 26.8. The lowest BCUT2D eigenvalue weighted by Crippen LogP contribution is -2.51. The van der Waals surface area contributed by atoms with Crippen LogP contribution in [0.25, 0.3) is 0 Å². The predicted molar refractivity (Wildman–Crippen MR) is 136 cm³/mol. The van der Waals surface area contributed by atoms with Gasteiger partial charge in [0.15, 0.2) is 0 Å². The number of sulfonamides is 1. The van der Waals surface area contributed by atoms with Crippen LogP contribution in [0.4, 0.5) is 5.69 Å². The number of hydrogen-bond acceptors (Lipinski definition) is 4. The van der Waals surface area contributed by atoms with Gasteiger partial charge < -0.3 is 10.2 Å². The molecule has 180 valence electrons. The first-order valence-electron chi connectivity index (χ1n) is 10.4. The first-order valence-corrected chi connectivity index (χ1v) is 13.4. The number of nitrogens with one attached hydrogen (secondary N) is 1. The minimum Gasteiger partial charge on any atom is -0.354 e. The summed E-state index contributed by atoms with van der Waals surface area (Å²) in [5, 5.41) is 3.40. The first kappa shape index (κ1) is 27.1. The molecule has 0 aromatic heterocycles. The summed E-state index contributed by atoms with van der Waals surface area (Å²) >= 11 is 9.31. The van der Waals surface area contributed by atoms with Crippen LogP contribution in [0.15, 0.2) is 53.0 Å². The fourth-order valence-electron chi connectivity index (χ4n) is 3.07. The lowest BCUT2D eigenvalue weighted by Gasteiger charge is -2.31. The fraction of sp³-hybridized carbons (Fsp3) is 0.391. The average Bonchev–Trinajstić information content (AvgIpc) is 2.73. The second-order valence-electron chi connectivity index (χ2n) is 8.21. The highest BCUT2D eigenvalue weighted by molar-refractivity contribution is 9.10. The number of hydrogen-bond donors (Lipinski definition) is 1. The summed E-state index contributed by atoms with van der Waals surface area (Å²) in [6.45, 7) is 5.74. The summed E-state index contributed by atoms with van der Waals surface area (Å²) in [5.74, 6) is -0.555. The molecule has 0 aliphatic carbocycles. The Bertz CT molecular complexity index is 1080. The Morgan fingerprint density at radius 3 is 2.27 bits per heavy atom. The molecule has 2 rings (SSSR count). The highest BCUT2D eigenvalue weighted by Gasteiger charge is 2.30. The Hall–Kier alpha value is -2.10. The van der Waals surface area contributed by atoms with Crippen LogP contribution < -0.4 is 9.62 Å². The van der Waals surface area contributed by atoms with Crippen LogP contribution in [0, 0.1) is 5.92 Å². The smallest absolute Gasteiger partial charge is 0.244 e. The lowest BCUT2D eigenvalue weighted by molar-refractivity contribution is -0.139. The molecule has 2 amide bonds. The van der Waals surface area contributed by atoms with Crippen LogP contribution >= 0.6 is 27.5 Å². The first-order chi connectivity index (χ1) is 15.4. The molecule has 1 atom stereocenters. The molecular formula is C23H29BrClN3O4S. The summed E-state index contributed by atoms with van der Waals surface area (Å²) in [7, 11) is -3.76. The lowest BCUT2D eigenvalue weighted by atomic mass is 10.1. The van der Waals surface area contributed by atoms with E-state index in [1.54, 1.807) is 55.5 Å². The maximum Gasteiger partial charge on any atom is 0.244 e. The molecule has 10 heteroatoms. The van der Waals surface area contributed by atoms with Crippen LogP contribution in [-0.2, 0) is 26.2 Å². The van der Waals surface area contributed by atoms with Gasteiger partial charge in [-0.1, -0.05) is 59.6 Å². The molecule has 1 N–H and O–H groups in total. The second kappa shape index (κ2) is 11.9. The maximum absolute atomic E-state index is 13.4. The Labute approximate surface area is 209 Å². The van der Waals surface area contributed by atoms with Crippen molar-refractivity contribution >= 4 is 55.1 Å². The van der Waals surface area contributed by atoms with Crippen molar-refractivity contribution < 1.29 is 18.0 Å². The Balaban J connectivity index is 2.35. The van der Waals surface area contributed by atoms with Crippen LogP contribution in [0.1, 0.15) is 26.3 Å². The van der Waals surface area contributed by atoms with Gasteiger partial charge in [0, 0.05) is 22.6 Å². The molecule has 0 aliphatic heterocycles. The number of anilines is 1. The van der Waals surface area contributed by atoms with Crippen molar-refractivity contribution in [1.29, 1.82) is 0 Å². The molecule has 0 fully saturated rings. The minimum atomic E-state index is -3.76. The zero-order valence-electron chi connectivity index (χ0n) is 19.1. The van der Waals surface area contributed by atoms with Crippen molar-refractivity contribution in [3.8, 4) is 0 Å². The van der Waals surface area contributed by atoms with E-state index in [-0.39, 0.29) is 18.4 Å². The van der Waals surface area contributed by atoms with Crippen LogP contribution in [0.5, 0.6) is 0 Å². The molecule has 0 saturated carbocycles. The van der Waals surface area contributed by atoms with E-state index >= 15 is 0 Å². The molecule has 1 unspecified atom stereocenters. The van der Waals surface area contributed by atoms with Crippen molar-refractivity contribution in [2.24, 2.45) is 5.92 Å². The molecule has 0 aliphatic rings. The summed E-state index contributed by atoms with van der Waals surface area (Å²) in [5.41, 5.74) is 1.12. The van der Waals surface area contributed by atoms with E-state index in [1.165, 1.54) is 4.90 Å². The van der Waals surface area contributed by atoms with Crippen LogP contribution in [0.2, 0.25) is 5.02 Å². The summed E-state index contributed by atoms with van der Waals surface area (Å²) in [6.07, 6.45) is 1.05. The van der Waals surface area contributed by atoms with Gasteiger partial charge in [-0.05, 0) is 48.7 Å². The van der Waals surface area contributed by atoms with E-state index in [0.717, 1.165) is 16.1 Å². The van der Waals surface area contributed by atoms with Gasteiger partial charge in [0.2, 0.25) is 21.8 Å². The largest absolute Gasteiger partial charge is 0.354 e. The predicted octanol–water partition coefficient (Wildman–Crippen LogP) is 4.06. The van der Waals surface area contributed by atoms with Crippen LogP contribution in [-0.4, -0.2) is 50.5 Å². The zero-order chi connectivity index (χ0) is 24.8. The monoisotopic (exact) mass is 557 g/mol.